The van der Waals surface area contributed by atoms with E-state index in [1.54, 1.807) is 24.3 Å². The predicted molar refractivity (Wildman–Crippen MR) is 78.3 cm³/mol. The van der Waals surface area contributed by atoms with Crippen LogP contribution >= 0.6 is 0 Å². The largest absolute Gasteiger partial charge is 0.481 e. The van der Waals surface area contributed by atoms with Crippen LogP contribution in [0, 0.1) is 5.41 Å². The molecule has 6 heteroatoms. The SMILES string of the molecule is CC(C)(CNC(=O)c1c[nH]c2ccccc2c1=O)C(=O)O. The van der Waals surface area contributed by atoms with Crippen LogP contribution in [0.3, 0.4) is 0 Å². The summed E-state index contributed by atoms with van der Waals surface area (Å²) in [6.07, 6.45) is 1.34. The Balaban J connectivity index is 2.27. The van der Waals surface area contributed by atoms with Gasteiger partial charge in [0, 0.05) is 23.6 Å². The van der Waals surface area contributed by atoms with E-state index in [1.165, 1.54) is 20.0 Å². The number of carboxylic acids is 1. The molecule has 1 heterocycles. The second-order valence-corrected chi connectivity index (χ2v) is 5.45. The van der Waals surface area contributed by atoms with E-state index in [-0.39, 0.29) is 17.5 Å². The summed E-state index contributed by atoms with van der Waals surface area (Å²) in [5.41, 5.74) is -0.867. The Morgan fingerprint density at radius 3 is 2.62 bits per heavy atom. The number of carbonyl (C=O) groups is 2. The van der Waals surface area contributed by atoms with Crippen molar-refractivity contribution in [2.45, 2.75) is 13.8 Å². The molecular weight excluding hydrogens is 272 g/mol. The van der Waals surface area contributed by atoms with E-state index in [0.29, 0.717) is 10.9 Å². The number of aromatic nitrogens is 1. The monoisotopic (exact) mass is 288 g/mol. The number of amides is 1. The number of para-hydroxylation sites is 1. The summed E-state index contributed by atoms with van der Waals surface area (Å²) in [6, 6.07) is 6.87. The van der Waals surface area contributed by atoms with Gasteiger partial charge in [0.2, 0.25) is 5.43 Å². The number of aromatic amines is 1. The summed E-state index contributed by atoms with van der Waals surface area (Å²) in [5.74, 6) is -1.61. The van der Waals surface area contributed by atoms with E-state index >= 15 is 0 Å². The standard InChI is InChI=1S/C15H16N2O4/c1-15(2,14(20)21)8-17-13(19)10-7-16-11-6-4-3-5-9(11)12(10)18/h3-7H,8H2,1-2H3,(H,16,18)(H,17,19)(H,20,21). The van der Waals surface area contributed by atoms with Crippen LogP contribution in [0.2, 0.25) is 0 Å². The zero-order valence-electron chi connectivity index (χ0n) is 11.8. The zero-order valence-corrected chi connectivity index (χ0v) is 11.8. The van der Waals surface area contributed by atoms with Gasteiger partial charge in [-0.1, -0.05) is 12.1 Å². The molecule has 0 radical (unpaired) electrons. The van der Waals surface area contributed by atoms with Crippen LogP contribution in [0.25, 0.3) is 10.9 Å². The molecule has 3 N–H and O–H groups in total. The van der Waals surface area contributed by atoms with E-state index < -0.39 is 17.3 Å². The number of hydrogen-bond donors (Lipinski definition) is 3. The van der Waals surface area contributed by atoms with Gasteiger partial charge in [-0.2, -0.15) is 0 Å². The van der Waals surface area contributed by atoms with Gasteiger partial charge in [-0.15, -0.1) is 0 Å². The van der Waals surface area contributed by atoms with Crippen molar-refractivity contribution in [2.24, 2.45) is 5.41 Å². The molecule has 21 heavy (non-hydrogen) atoms. The topological polar surface area (TPSA) is 99.3 Å². The number of rotatable bonds is 4. The lowest BCUT2D eigenvalue weighted by atomic mass is 9.94. The van der Waals surface area contributed by atoms with Crippen molar-refractivity contribution < 1.29 is 14.7 Å². The number of hydrogen-bond acceptors (Lipinski definition) is 3. The Morgan fingerprint density at radius 1 is 1.29 bits per heavy atom. The van der Waals surface area contributed by atoms with Crippen LogP contribution in [-0.4, -0.2) is 28.5 Å². The van der Waals surface area contributed by atoms with E-state index in [1.807, 2.05) is 0 Å². The van der Waals surface area contributed by atoms with Gasteiger partial charge in [0.25, 0.3) is 5.91 Å². The van der Waals surface area contributed by atoms with Crippen molar-refractivity contribution in [2.75, 3.05) is 6.54 Å². The molecule has 0 aliphatic heterocycles. The molecule has 0 aliphatic rings. The number of nitrogens with one attached hydrogen (secondary N) is 2. The second kappa shape index (κ2) is 5.40. The highest BCUT2D eigenvalue weighted by atomic mass is 16.4. The molecule has 0 unspecified atom stereocenters. The minimum atomic E-state index is -1.10. The van der Waals surface area contributed by atoms with Crippen LogP contribution in [-0.2, 0) is 4.79 Å². The average Bonchev–Trinajstić information content (AvgIpc) is 2.45. The zero-order chi connectivity index (χ0) is 15.6. The van der Waals surface area contributed by atoms with Gasteiger partial charge in [-0.3, -0.25) is 14.4 Å². The number of carboxylic acid groups (broad SMARTS) is 1. The third-order valence-electron chi connectivity index (χ3n) is 3.30. The molecule has 2 rings (SSSR count). The van der Waals surface area contributed by atoms with Crippen molar-refractivity contribution in [3.8, 4) is 0 Å². The number of aliphatic carboxylic acids is 1. The Labute approximate surface area is 120 Å². The molecule has 6 nitrogen and oxygen atoms in total. The normalized spacial score (nSPS) is 11.3. The highest BCUT2D eigenvalue weighted by Gasteiger charge is 2.28. The second-order valence-electron chi connectivity index (χ2n) is 5.45. The summed E-state index contributed by atoms with van der Waals surface area (Å²) >= 11 is 0. The molecule has 0 aliphatic carbocycles. The van der Waals surface area contributed by atoms with Crippen molar-refractivity contribution in [1.29, 1.82) is 0 Å². The van der Waals surface area contributed by atoms with Gasteiger partial charge in [0.05, 0.1) is 5.41 Å². The molecular formula is C15H16N2O4. The molecule has 1 aromatic carbocycles. The Morgan fingerprint density at radius 2 is 1.95 bits per heavy atom. The summed E-state index contributed by atoms with van der Waals surface area (Å²) in [5, 5.41) is 11.9. The molecule has 2 aromatic rings. The fraction of sp³-hybridized carbons (Fsp3) is 0.267. The fourth-order valence-electron chi connectivity index (χ4n) is 1.81. The van der Waals surface area contributed by atoms with Gasteiger partial charge in [0.15, 0.2) is 0 Å². The lowest BCUT2D eigenvalue weighted by Crippen LogP contribution is -2.40. The number of pyridine rings is 1. The van der Waals surface area contributed by atoms with Gasteiger partial charge in [-0.05, 0) is 26.0 Å². The third kappa shape index (κ3) is 2.94. The molecule has 0 bridgehead atoms. The first-order chi connectivity index (χ1) is 9.83. The number of fused-ring (bicyclic) bond motifs is 1. The van der Waals surface area contributed by atoms with Crippen molar-refractivity contribution in [3.63, 3.8) is 0 Å². The Hall–Kier alpha value is -2.63. The molecule has 110 valence electrons. The summed E-state index contributed by atoms with van der Waals surface area (Å²) in [7, 11) is 0. The number of carbonyl (C=O) groups excluding carboxylic acids is 1. The highest BCUT2D eigenvalue weighted by Crippen LogP contribution is 2.13. The minimum Gasteiger partial charge on any atom is -0.481 e. The summed E-state index contributed by atoms with van der Waals surface area (Å²) in [4.78, 5) is 38.2. The van der Waals surface area contributed by atoms with E-state index in [9.17, 15) is 14.4 Å². The van der Waals surface area contributed by atoms with Crippen LogP contribution < -0.4 is 10.7 Å². The molecule has 1 amide bonds. The van der Waals surface area contributed by atoms with Gasteiger partial charge in [0.1, 0.15) is 5.56 Å². The van der Waals surface area contributed by atoms with Crippen LogP contribution in [0.15, 0.2) is 35.3 Å². The molecule has 1 aromatic heterocycles. The van der Waals surface area contributed by atoms with Crippen LogP contribution in [0.1, 0.15) is 24.2 Å². The van der Waals surface area contributed by atoms with E-state index in [2.05, 4.69) is 10.3 Å². The molecule has 0 fully saturated rings. The number of H-pyrrole nitrogens is 1. The smallest absolute Gasteiger partial charge is 0.310 e. The van der Waals surface area contributed by atoms with Crippen molar-refractivity contribution >= 4 is 22.8 Å². The quantitative estimate of drug-likeness (QED) is 0.791. The van der Waals surface area contributed by atoms with E-state index in [0.717, 1.165) is 0 Å². The summed E-state index contributed by atoms with van der Waals surface area (Å²) < 4.78 is 0. The van der Waals surface area contributed by atoms with Crippen molar-refractivity contribution in [1.82, 2.24) is 10.3 Å². The van der Waals surface area contributed by atoms with Crippen LogP contribution in [0.4, 0.5) is 0 Å². The lowest BCUT2D eigenvalue weighted by Gasteiger charge is -2.19. The first kappa shape index (κ1) is 14.8. The molecule has 0 atom stereocenters. The van der Waals surface area contributed by atoms with Gasteiger partial charge < -0.3 is 15.4 Å². The molecule has 0 spiro atoms. The third-order valence-corrected chi connectivity index (χ3v) is 3.30. The maximum Gasteiger partial charge on any atom is 0.310 e. The van der Waals surface area contributed by atoms with Crippen molar-refractivity contribution in [3.05, 3.63) is 46.2 Å². The first-order valence-corrected chi connectivity index (χ1v) is 6.45. The highest BCUT2D eigenvalue weighted by molar-refractivity contribution is 5.97. The van der Waals surface area contributed by atoms with Crippen LogP contribution in [0.5, 0.6) is 0 Å². The molecule has 0 saturated heterocycles. The first-order valence-electron chi connectivity index (χ1n) is 6.45. The molecule has 0 saturated carbocycles. The van der Waals surface area contributed by atoms with Gasteiger partial charge in [-0.25, -0.2) is 0 Å². The minimum absolute atomic E-state index is 0.0325. The fourth-order valence-corrected chi connectivity index (χ4v) is 1.81. The lowest BCUT2D eigenvalue weighted by molar-refractivity contribution is -0.146. The Bertz CT molecular complexity index is 762. The maximum atomic E-state index is 12.2. The average molecular weight is 288 g/mol. The predicted octanol–water partition coefficient (Wildman–Crippen LogP) is 1.37. The number of benzene rings is 1. The Kier molecular flexibility index (Phi) is 3.80. The summed E-state index contributed by atoms with van der Waals surface area (Å²) in [6.45, 7) is 2.94. The van der Waals surface area contributed by atoms with Gasteiger partial charge >= 0.3 is 5.97 Å². The van der Waals surface area contributed by atoms with E-state index in [4.69, 9.17) is 5.11 Å². The maximum absolute atomic E-state index is 12.2.